The van der Waals surface area contributed by atoms with Crippen molar-refractivity contribution in [3.8, 4) is 5.75 Å². The van der Waals surface area contributed by atoms with Gasteiger partial charge in [0, 0.05) is 24.7 Å². The Balaban J connectivity index is 1.40. The molecule has 6 nitrogen and oxygen atoms in total. The first kappa shape index (κ1) is 20.7. The third-order valence-corrected chi connectivity index (χ3v) is 5.52. The van der Waals surface area contributed by atoms with Crippen molar-refractivity contribution in [3.05, 3.63) is 89.2 Å². The SMILES string of the molecule is O=C(O)COc1cccc2c1CCC(CON=C(Cc1cc[nH]c1)c1ccccc1)C2. The van der Waals surface area contributed by atoms with Gasteiger partial charge in [-0.3, -0.25) is 0 Å². The van der Waals surface area contributed by atoms with Crippen LogP contribution in [0.5, 0.6) is 5.75 Å². The summed E-state index contributed by atoms with van der Waals surface area (Å²) in [6.07, 6.45) is 7.25. The number of aliphatic carboxylic acids is 1. The largest absolute Gasteiger partial charge is 0.482 e. The standard InChI is InChI=1S/C25H26N2O4/c28-25(29)17-30-24-8-4-7-21-13-19(9-10-22(21)24)16-31-27-23(14-18-11-12-26-15-18)20-5-2-1-3-6-20/h1-8,11-12,15,19,26H,9-10,13-14,16-17H2,(H,28,29). The molecule has 4 rings (SSSR count). The van der Waals surface area contributed by atoms with Gasteiger partial charge in [0.2, 0.25) is 0 Å². The van der Waals surface area contributed by atoms with Crippen molar-refractivity contribution >= 4 is 11.7 Å². The van der Waals surface area contributed by atoms with Gasteiger partial charge in [-0.05, 0) is 53.6 Å². The number of rotatable bonds is 9. The van der Waals surface area contributed by atoms with E-state index < -0.39 is 5.97 Å². The first-order chi connectivity index (χ1) is 15.2. The van der Waals surface area contributed by atoms with Crippen LogP contribution in [-0.2, 0) is 28.9 Å². The van der Waals surface area contributed by atoms with E-state index in [1.807, 2.05) is 60.9 Å². The molecule has 0 amide bonds. The highest BCUT2D eigenvalue weighted by Gasteiger charge is 2.22. The number of ether oxygens (including phenoxy) is 1. The summed E-state index contributed by atoms with van der Waals surface area (Å²) < 4.78 is 5.46. The predicted molar refractivity (Wildman–Crippen MR) is 119 cm³/mol. The minimum Gasteiger partial charge on any atom is -0.482 e. The molecule has 2 aromatic carbocycles. The molecule has 1 unspecified atom stereocenters. The zero-order valence-electron chi connectivity index (χ0n) is 17.3. The highest BCUT2D eigenvalue weighted by molar-refractivity contribution is 6.01. The quantitative estimate of drug-likeness (QED) is 0.402. The van der Waals surface area contributed by atoms with E-state index in [-0.39, 0.29) is 6.61 Å². The van der Waals surface area contributed by atoms with Gasteiger partial charge >= 0.3 is 5.97 Å². The monoisotopic (exact) mass is 418 g/mol. The van der Waals surface area contributed by atoms with E-state index >= 15 is 0 Å². The van der Waals surface area contributed by atoms with Crippen molar-refractivity contribution in [2.45, 2.75) is 25.7 Å². The van der Waals surface area contributed by atoms with E-state index in [2.05, 4.69) is 16.2 Å². The van der Waals surface area contributed by atoms with Crippen molar-refractivity contribution < 1.29 is 19.5 Å². The van der Waals surface area contributed by atoms with Gasteiger partial charge in [-0.2, -0.15) is 0 Å². The Morgan fingerprint density at radius 2 is 2.00 bits per heavy atom. The van der Waals surface area contributed by atoms with E-state index in [4.69, 9.17) is 14.7 Å². The van der Waals surface area contributed by atoms with Crippen LogP contribution in [0.4, 0.5) is 0 Å². The fraction of sp³-hybridized carbons (Fsp3) is 0.280. The second kappa shape index (κ2) is 9.98. The van der Waals surface area contributed by atoms with Crippen LogP contribution in [0.2, 0.25) is 0 Å². The van der Waals surface area contributed by atoms with Crippen molar-refractivity contribution in [2.75, 3.05) is 13.2 Å². The van der Waals surface area contributed by atoms with Gasteiger partial charge < -0.3 is 19.7 Å². The number of nitrogens with one attached hydrogen (secondary N) is 1. The fourth-order valence-electron chi connectivity index (χ4n) is 3.96. The molecular formula is C25H26N2O4. The average molecular weight is 418 g/mol. The fourth-order valence-corrected chi connectivity index (χ4v) is 3.96. The molecule has 1 aromatic heterocycles. The Morgan fingerprint density at radius 1 is 1.13 bits per heavy atom. The minimum atomic E-state index is -0.966. The number of oxime groups is 1. The Hall–Kier alpha value is -3.54. The molecule has 160 valence electrons. The molecule has 1 atom stereocenters. The zero-order valence-corrected chi connectivity index (χ0v) is 17.3. The number of benzene rings is 2. The molecule has 1 aliphatic carbocycles. The summed E-state index contributed by atoms with van der Waals surface area (Å²) in [5, 5.41) is 13.4. The molecule has 31 heavy (non-hydrogen) atoms. The maximum absolute atomic E-state index is 10.8. The lowest BCUT2D eigenvalue weighted by Gasteiger charge is -2.25. The lowest BCUT2D eigenvalue weighted by atomic mass is 9.84. The number of H-pyrrole nitrogens is 1. The molecular weight excluding hydrogens is 392 g/mol. The molecule has 2 N–H and O–H groups in total. The molecule has 0 bridgehead atoms. The van der Waals surface area contributed by atoms with E-state index in [1.165, 1.54) is 5.56 Å². The van der Waals surface area contributed by atoms with Crippen LogP contribution in [-0.4, -0.2) is 35.0 Å². The smallest absolute Gasteiger partial charge is 0.341 e. The van der Waals surface area contributed by atoms with Crippen LogP contribution in [0, 0.1) is 5.92 Å². The number of carboxylic acid groups (broad SMARTS) is 1. The number of aromatic amines is 1. The van der Waals surface area contributed by atoms with Gasteiger partial charge in [-0.15, -0.1) is 0 Å². The predicted octanol–water partition coefficient (Wildman–Crippen LogP) is 4.25. The molecule has 6 heteroatoms. The Morgan fingerprint density at radius 3 is 2.77 bits per heavy atom. The molecule has 0 saturated heterocycles. The molecule has 0 radical (unpaired) electrons. The van der Waals surface area contributed by atoms with Crippen LogP contribution in [0.3, 0.4) is 0 Å². The normalized spacial score (nSPS) is 15.9. The highest BCUT2D eigenvalue weighted by Crippen LogP contribution is 2.32. The van der Waals surface area contributed by atoms with Crippen LogP contribution >= 0.6 is 0 Å². The number of aromatic nitrogens is 1. The maximum atomic E-state index is 10.8. The van der Waals surface area contributed by atoms with Crippen LogP contribution in [0.1, 0.15) is 28.7 Å². The van der Waals surface area contributed by atoms with E-state index in [9.17, 15) is 4.79 Å². The highest BCUT2D eigenvalue weighted by atomic mass is 16.6. The summed E-state index contributed by atoms with van der Waals surface area (Å²) in [7, 11) is 0. The first-order valence-electron chi connectivity index (χ1n) is 10.5. The Kier molecular flexibility index (Phi) is 6.67. The van der Waals surface area contributed by atoms with Crippen molar-refractivity contribution in [1.82, 2.24) is 4.98 Å². The molecule has 0 aliphatic heterocycles. The van der Waals surface area contributed by atoms with Gasteiger partial charge in [0.05, 0.1) is 5.71 Å². The summed E-state index contributed by atoms with van der Waals surface area (Å²) in [5.41, 5.74) is 5.42. The van der Waals surface area contributed by atoms with Crippen molar-refractivity contribution in [3.63, 3.8) is 0 Å². The third kappa shape index (κ3) is 5.54. The molecule has 0 spiro atoms. The summed E-state index contributed by atoms with van der Waals surface area (Å²) in [4.78, 5) is 19.7. The van der Waals surface area contributed by atoms with Crippen molar-refractivity contribution in [2.24, 2.45) is 11.1 Å². The number of carbonyl (C=O) groups is 1. The number of fused-ring (bicyclic) bond motifs is 1. The average Bonchev–Trinajstić information content (AvgIpc) is 3.30. The summed E-state index contributed by atoms with van der Waals surface area (Å²) in [6, 6.07) is 18.0. The molecule has 1 aliphatic rings. The Bertz CT molecular complexity index is 1030. The van der Waals surface area contributed by atoms with Gasteiger partial charge in [-0.25, -0.2) is 4.79 Å². The van der Waals surface area contributed by atoms with Gasteiger partial charge in [-0.1, -0.05) is 47.6 Å². The van der Waals surface area contributed by atoms with Crippen LogP contribution < -0.4 is 4.74 Å². The van der Waals surface area contributed by atoms with E-state index in [0.29, 0.717) is 24.7 Å². The second-order valence-corrected chi connectivity index (χ2v) is 7.78. The lowest BCUT2D eigenvalue weighted by Crippen LogP contribution is -2.20. The summed E-state index contributed by atoms with van der Waals surface area (Å²) >= 11 is 0. The Labute approximate surface area is 181 Å². The first-order valence-corrected chi connectivity index (χ1v) is 10.5. The van der Waals surface area contributed by atoms with E-state index in [0.717, 1.165) is 41.7 Å². The minimum absolute atomic E-state index is 0.318. The van der Waals surface area contributed by atoms with Gasteiger partial charge in [0.15, 0.2) is 6.61 Å². The second-order valence-electron chi connectivity index (χ2n) is 7.78. The number of hydrogen-bond acceptors (Lipinski definition) is 4. The molecule has 0 fully saturated rings. The zero-order chi connectivity index (χ0) is 21.5. The number of carboxylic acids is 1. The molecule has 1 heterocycles. The molecule has 3 aromatic rings. The van der Waals surface area contributed by atoms with E-state index in [1.54, 1.807) is 0 Å². The maximum Gasteiger partial charge on any atom is 0.341 e. The summed E-state index contributed by atoms with van der Waals surface area (Å²) in [5.74, 6) is 0.0665. The van der Waals surface area contributed by atoms with Crippen molar-refractivity contribution in [1.29, 1.82) is 0 Å². The van der Waals surface area contributed by atoms with Crippen LogP contribution in [0.15, 0.2) is 72.1 Å². The third-order valence-electron chi connectivity index (χ3n) is 5.52. The van der Waals surface area contributed by atoms with Crippen LogP contribution in [0.25, 0.3) is 0 Å². The lowest BCUT2D eigenvalue weighted by molar-refractivity contribution is -0.139. The van der Waals surface area contributed by atoms with Gasteiger partial charge in [0.25, 0.3) is 0 Å². The van der Waals surface area contributed by atoms with Gasteiger partial charge in [0.1, 0.15) is 12.4 Å². The number of nitrogens with zero attached hydrogens (tertiary/aromatic N) is 1. The topological polar surface area (TPSA) is 83.9 Å². The molecule has 0 saturated carbocycles. The summed E-state index contributed by atoms with van der Waals surface area (Å²) in [6.45, 7) is 0.226. The number of hydrogen-bond donors (Lipinski definition) is 2.